The standard InChI is InChI=1S/C52H68N8O12S/c1-6-56(7-2)36-18-20-40-43(33-36)71-44-34-37(57(8-3)9-4)19-21-41(44)50(40)38-15-12-13-16-39(38)52(67)59-31-29-58(30-32-59)46(62)23-22-45(61)54-42(35-73(68,69)70)51(66)53-26-28-55(5)27-14-10-11-17-49(65)72-60-47(63)24-25-48(60)64/h12-13,15-16,18-21,24-25,33-34,42H,6-11,14,17,22-23,26-32,35H2,1-5H3,(H4,53,54,61,66,67,68,69,70)/p+1. The summed E-state index contributed by atoms with van der Waals surface area (Å²) in [6.45, 7) is 13.7. The number of hydrogen-bond acceptors (Lipinski definition) is 13. The van der Waals surface area contributed by atoms with Gasteiger partial charge in [-0.05, 0) is 84.0 Å². The summed E-state index contributed by atoms with van der Waals surface area (Å²) in [5, 5.41) is 26.1. The van der Waals surface area contributed by atoms with Gasteiger partial charge in [0.25, 0.3) is 16.0 Å². The first-order valence-electron chi connectivity index (χ1n) is 25.0. The highest BCUT2D eigenvalue weighted by Gasteiger charge is 2.30. The minimum absolute atomic E-state index is 0.0583. The second kappa shape index (κ2) is 25.6. The zero-order valence-electron chi connectivity index (χ0n) is 42.3. The summed E-state index contributed by atoms with van der Waals surface area (Å²) in [7, 11) is -2.89. The molecular weight excluding hydrogens is 961 g/mol. The molecule has 1 atom stereocenters. The van der Waals surface area contributed by atoms with Crippen LogP contribution in [0.15, 0.2) is 77.2 Å². The lowest BCUT2D eigenvalue weighted by atomic mass is 9.90. The van der Waals surface area contributed by atoms with Crippen LogP contribution in [0.25, 0.3) is 33.4 Å². The second-order valence-electron chi connectivity index (χ2n) is 18.0. The van der Waals surface area contributed by atoms with Gasteiger partial charge >= 0.3 is 5.97 Å². The number of aromatic hydroxyl groups is 2. The van der Waals surface area contributed by atoms with Crippen molar-refractivity contribution in [3.63, 3.8) is 0 Å². The number of nitrogens with one attached hydrogen (secondary N) is 2. The summed E-state index contributed by atoms with van der Waals surface area (Å²) >= 11 is 0. The predicted molar refractivity (Wildman–Crippen MR) is 277 cm³/mol. The summed E-state index contributed by atoms with van der Waals surface area (Å²) in [5.41, 5.74) is 4.75. The van der Waals surface area contributed by atoms with Crippen molar-refractivity contribution < 1.29 is 56.4 Å². The highest BCUT2D eigenvalue weighted by molar-refractivity contribution is 7.85. The number of likely N-dealkylation sites (N-methyl/N-ethyl adjacent to an activating group) is 1. The Balaban J connectivity index is 1.01. The van der Waals surface area contributed by atoms with Gasteiger partial charge < -0.3 is 49.7 Å². The van der Waals surface area contributed by atoms with E-state index in [1.54, 1.807) is 16.8 Å². The van der Waals surface area contributed by atoms with Crippen LogP contribution in [0.2, 0.25) is 0 Å². The number of piperazine rings is 1. The van der Waals surface area contributed by atoms with E-state index in [-0.39, 0.29) is 63.8 Å². The van der Waals surface area contributed by atoms with Crippen LogP contribution in [-0.2, 0) is 29.3 Å². The number of aromatic nitrogens is 1. The van der Waals surface area contributed by atoms with Gasteiger partial charge in [-0.25, -0.2) is 9.37 Å². The molecule has 0 spiro atoms. The molecule has 73 heavy (non-hydrogen) atoms. The lowest BCUT2D eigenvalue weighted by molar-refractivity contribution is -0.145. The Morgan fingerprint density at radius 2 is 1.48 bits per heavy atom. The topological polar surface area (TPSA) is 248 Å². The summed E-state index contributed by atoms with van der Waals surface area (Å²) in [5.74, 6) is -3.94. The highest BCUT2D eigenvalue weighted by atomic mass is 32.2. The fourth-order valence-corrected chi connectivity index (χ4v) is 9.72. The molecular formula is C52H69N8O12S+. The van der Waals surface area contributed by atoms with Crippen molar-refractivity contribution in [3.05, 3.63) is 83.7 Å². The number of hydrogen-bond donors (Lipinski definition) is 5. The van der Waals surface area contributed by atoms with Crippen molar-refractivity contribution in [1.29, 1.82) is 0 Å². The number of rotatable bonds is 24. The third-order valence-corrected chi connectivity index (χ3v) is 13.8. The van der Waals surface area contributed by atoms with Gasteiger partial charge in [0, 0.05) is 124 Å². The van der Waals surface area contributed by atoms with E-state index in [0.717, 1.165) is 59.3 Å². The van der Waals surface area contributed by atoms with Crippen molar-refractivity contribution in [2.24, 2.45) is 0 Å². The number of nitrogens with zero attached hydrogens (tertiary/aromatic N) is 6. The molecule has 6 rings (SSSR count). The molecule has 3 aliphatic rings. The van der Waals surface area contributed by atoms with Crippen LogP contribution >= 0.6 is 0 Å². The zero-order valence-corrected chi connectivity index (χ0v) is 43.2. The van der Waals surface area contributed by atoms with Gasteiger partial charge in [-0.2, -0.15) is 8.42 Å². The Bertz CT molecular complexity index is 2880. The molecule has 394 valence electrons. The molecule has 21 heteroatoms. The number of amides is 4. The molecule has 3 aromatic rings. The average molecular weight is 1030 g/mol. The Kier molecular flexibility index (Phi) is 19.4. The van der Waals surface area contributed by atoms with E-state index in [4.69, 9.17) is 9.25 Å². The van der Waals surface area contributed by atoms with Crippen LogP contribution in [0.3, 0.4) is 0 Å². The molecule has 20 nitrogen and oxygen atoms in total. The van der Waals surface area contributed by atoms with Gasteiger partial charge in [0.15, 0.2) is 0 Å². The smallest absolute Gasteiger partial charge is 0.333 e. The molecule has 1 saturated heterocycles. The lowest BCUT2D eigenvalue weighted by Gasteiger charge is -2.35. The molecule has 1 aliphatic carbocycles. The number of fused-ring (bicyclic) bond motifs is 2. The first-order valence-corrected chi connectivity index (χ1v) is 26.6. The summed E-state index contributed by atoms with van der Waals surface area (Å²) in [6.07, 6.45) is 1.31. The molecule has 1 fully saturated rings. The van der Waals surface area contributed by atoms with Crippen molar-refractivity contribution >= 4 is 56.4 Å². The maximum Gasteiger partial charge on any atom is 0.333 e. The molecule has 0 bridgehead atoms. The van der Waals surface area contributed by atoms with Crippen molar-refractivity contribution in [2.45, 2.75) is 72.3 Å². The van der Waals surface area contributed by atoms with Crippen molar-refractivity contribution in [3.8, 4) is 34.2 Å². The Labute approximate surface area is 425 Å². The number of carbonyl (C=O) groups excluding carboxylic acids is 5. The molecule has 3 heterocycles. The Morgan fingerprint density at radius 1 is 0.795 bits per heavy atom. The number of benzene rings is 3. The van der Waals surface area contributed by atoms with Gasteiger partial charge in [-0.15, -0.1) is 4.73 Å². The summed E-state index contributed by atoms with van der Waals surface area (Å²) in [6, 6.07) is 20.7. The number of unbranched alkanes of at least 4 members (excludes halogenated alkanes) is 2. The molecule has 1 unspecified atom stereocenters. The third-order valence-electron chi connectivity index (χ3n) is 13.1. The molecule has 0 saturated carbocycles. The lowest BCUT2D eigenvalue weighted by Crippen LogP contribution is -2.52. The van der Waals surface area contributed by atoms with E-state index >= 15 is 0 Å². The summed E-state index contributed by atoms with van der Waals surface area (Å²) in [4.78, 5) is 78.4. The van der Waals surface area contributed by atoms with E-state index in [1.165, 1.54) is 12.1 Å². The first kappa shape index (κ1) is 55.3. The van der Waals surface area contributed by atoms with E-state index in [9.17, 15) is 47.2 Å². The van der Waals surface area contributed by atoms with Crippen LogP contribution in [0.4, 0.5) is 5.69 Å². The molecule has 1 aromatic heterocycles. The second-order valence-corrected chi connectivity index (χ2v) is 19.5. The van der Waals surface area contributed by atoms with Crippen LogP contribution in [0.1, 0.15) is 76.6 Å². The van der Waals surface area contributed by atoms with Crippen molar-refractivity contribution in [1.82, 2.24) is 34.6 Å². The SMILES string of the molecule is CCN(CC)c1ccc2c(-c3ccccc3C(=O)N3CCN(C(=O)CCC(=O)NC(CS(=O)(=O)O)C(=O)NCCN(C)CCCCCC(=O)On4c(O)ccc4O)CC3)c3ccc(=[N+](CC)CC)cc-3oc2c1. The van der Waals surface area contributed by atoms with Crippen LogP contribution in [0, 0.1) is 0 Å². The third kappa shape index (κ3) is 14.6. The van der Waals surface area contributed by atoms with Gasteiger partial charge in [0.2, 0.25) is 34.8 Å². The Morgan fingerprint density at radius 3 is 2.15 bits per heavy atom. The quantitative estimate of drug-likeness (QED) is 0.0256. The van der Waals surface area contributed by atoms with E-state index in [0.29, 0.717) is 54.0 Å². The van der Waals surface area contributed by atoms with E-state index in [2.05, 4.69) is 84.2 Å². The molecule has 2 aliphatic heterocycles. The fraction of sp³-hybridized carbons (Fsp3) is 0.462. The molecule has 2 aromatic carbocycles. The van der Waals surface area contributed by atoms with E-state index in [1.807, 2.05) is 29.2 Å². The normalized spacial score (nSPS) is 13.3. The van der Waals surface area contributed by atoms with Crippen LogP contribution in [-0.4, -0.2) is 163 Å². The molecule has 0 radical (unpaired) electrons. The maximum absolute atomic E-state index is 14.5. The van der Waals surface area contributed by atoms with Gasteiger partial charge in [0.1, 0.15) is 36.2 Å². The van der Waals surface area contributed by atoms with Crippen molar-refractivity contribution in [2.75, 3.05) is 89.7 Å². The molecule has 4 amide bonds. The maximum atomic E-state index is 14.5. The van der Waals surface area contributed by atoms with Gasteiger partial charge in [-0.1, -0.05) is 24.6 Å². The molecule has 5 N–H and O–H groups in total. The number of anilines is 1. The average Bonchev–Trinajstić information content (AvgIpc) is 3.69. The van der Waals surface area contributed by atoms with Gasteiger partial charge in [0.05, 0.1) is 6.07 Å². The monoisotopic (exact) mass is 1030 g/mol. The summed E-state index contributed by atoms with van der Waals surface area (Å²) < 4.78 is 42.8. The number of carbonyl (C=O) groups is 5. The zero-order chi connectivity index (χ0) is 52.8. The van der Waals surface area contributed by atoms with E-state index < -0.39 is 51.5 Å². The van der Waals surface area contributed by atoms with Gasteiger partial charge in [-0.3, -0.25) is 23.7 Å². The first-order chi connectivity index (χ1) is 34.9. The highest BCUT2D eigenvalue weighted by Crippen LogP contribution is 2.42. The van der Waals surface area contributed by atoms with Crippen LogP contribution < -0.4 is 30.3 Å². The fourth-order valence-electron chi connectivity index (χ4n) is 9.06. The minimum Gasteiger partial charge on any atom is -0.492 e. The minimum atomic E-state index is -4.69. The predicted octanol–water partition coefficient (Wildman–Crippen LogP) is 3.78. The van der Waals surface area contributed by atoms with Crippen LogP contribution in [0.5, 0.6) is 11.8 Å². The Hall–Kier alpha value is -6.97. The largest absolute Gasteiger partial charge is 0.492 e.